The molecule has 0 aromatic carbocycles. The lowest BCUT2D eigenvalue weighted by Crippen LogP contribution is -2.46. The van der Waals surface area contributed by atoms with Gasteiger partial charge in [0, 0.05) is 19.1 Å². The maximum atomic E-state index is 5.77. The van der Waals surface area contributed by atoms with E-state index in [-0.39, 0.29) is 6.10 Å². The van der Waals surface area contributed by atoms with Crippen LogP contribution in [0.25, 0.3) is 0 Å². The molecule has 0 radical (unpaired) electrons. The highest BCUT2D eigenvalue weighted by atomic mass is 16.7. The fraction of sp³-hybridized carbons (Fsp3) is 1.00. The van der Waals surface area contributed by atoms with Crippen LogP contribution < -0.4 is 5.32 Å². The Balaban J connectivity index is 1.68. The van der Waals surface area contributed by atoms with Crippen molar-refractivity contribution in [3.05, 3.63) is 0 Å². The molecular formula is C12H24N2O2. The molecular weight excluding hydrogens is 204 g/mol. The Bertz CT molecular complexity index is 231. The summed E-state index contributed by atoms with van der Waals surface area (Å²) in [5.74, 6) is -0.393. The molecule has 0 spiro atoms. The highest BCUT2D eigenvalue weighted by Gasteiger charge is 2.32. The smallest absolute Gasteiger partial charge is 0.163 e. The van der Waals surface area contributed by atoms with Gasteiger partial charge in [-0.15, -0.1) is 0 Å². The van der Waals surface area contributed by atoms with Gasteiger partial charge < -0.3 is 19.7 Å². The van der Waals surface area contributed by atoms with E-state index < -0.39 is 5.79 Å². The third kappa shape index (κ3) is 3.42. The SMILES string of the molecule is CN1CCCC(NCC2COC(C)(C)O2)C1. The summed E-state index contributed by atoms with van der Waals surface area (Å²) in [6.45, 7) is 7.94. The van der Waals surface area contributed by atoms with E-state index in [4.69, 9.17) is 9.47 Å². The van der Waals surface area contributed by atoms with E-state index in [2.05, 4.69) is 17.3 Å². The Labute approximate surface area is 98.3 Å². The molecule has 2 aliphatic rings. The van der Waals surface area contributed by atoms with E-state index in [1.54, 1.807) is 0 Å². The summed E-state index contributed by atoms with van der Waals surface area (Å²) in [7, 11) is 2.19. The van der Waals surface area contributed by atoms with Gasteiger partial charge >= 0.3 is 0 Å². The van der Waals surface area contributed by atoms with E-state index in [0.717, 1.165) is 13.1 Å². The van der Waals surface area contributed by atoms with Crippen molar-refractivity contribution in [2.45, 2.75) is 44.6 Å². The minimum absolute atomic E-state index is 0.210. The molecule has 1 N–H and O–H groups in total. The van der Waals surface area contributed by atoms with Gasteiger partial charge in [0.2, 0.25) is 0 Å². The molecule has 0 aromatic rings. The average Bonchev–Trinajstić information content (AvgIpc) is 2.56. The molecule has 2 fully saturated rings. The van der Waals surface area contributed by atoms with Gasteiger partial charge in [0.15, 0.2) is 5.79 Å². The number of likely N-dealkylation sites (tertiary alicyclic amines) is 1. The van der Waals surface area contributed by atoms with Crippen LogP contribution in [0.2, 0.25) is 0 Å². The normalized spacial score (nSPS) is 35.4. The zero-order valence-electron chi connectivity index (χ0n) is 10.7. The number of rotatable bonds is 3. The Kier molecular flexibility index (Phi) is 3.85. The Hall–Kier alpha value is -0.160. The summed E-state index contributed by atoms with van der Waals surface area (Å²) in [6, 6.07) is 0.617. The molecule has 4 heteroatoms. The molecule has 2 rings (SSSR count). The predicted octanol–water partition coefficient (Wildman–Crippen LogP) is 0.822. The molecule has 0 bridgehead atoms. The summed E-state index contributed by atoms with van der Waals surface area (Å²) < 4.78 is 11.3. The van der Waals surface area contributed by atoms with Crippen LogP contribution in [0.15, 0.2) is 0 Å². The fourth-order valence-corrected chi connectivity index (χ4v) is 2.49. The quantitative estimate of drug-likeness (QED) is 0.775. The first-order valence-electron chi connectivity index (χ1n) is 6.29. The van der Waals surface area contributed by atoms with E-state index in [9.17, 15) is 0 Å². The van der Waals surface area contributed by atoms with Crippen LogP contribution in [0, 0.1) is 0 Å². The molecule has 94 valence electrons. The van der Waals surface area contributed by atoms with Crippen molar-refractivity contribution < 1.29 is 9.47 Å². The van der Waals surface area contributed by atoms with Gasteiger partial charge in [0.25, 0.3) is 0 Å². The summed E-state index contributed by atoms with van der Waals surface area (Å²) >= 11 is 0. The zero-order valence-corrected chi connectivity index (χ0v) is 10.7. The monoisotopic (exact) mass is 228 g/mol. The van der Waals surface area contributed by atoms with Crippen molar-refractivity contribution in [1.82, 2.24) is 10.2 Å². The number of ether oxygens (including phenoxy) is 2. The van der Waals surface area contributed by atoms with Crippen LogP contribution in [0.5, 0.6) is 0 Å². The second-order valence-corrected chi connectivity index (χ2v) is 5.46. The number of piperidine rings is 1. The van der Waals surface area contributed by atoms with E-state index in [1.807, 2.05) is 13.8 Å². The molecule has 0 amide bonds. The van der Waals surface area contributed by atoms with Crippen LogP contribution in [0.4, 0.5) is 0 Å². The van der Waals surface area contributed by atoms with E-state index in [1.165, 1.54) is 19.4 Å². The Morgan fingerprint density at radius 3 is 2.88 bits per heavy atom. The number of nitrogens with one attached hydrogen (secondary N) is 1. The van der Waals surface area contributed by atoms with Gasteiger partial charge in [0.1, 0.15) is 0 Å². The molecule has 2 unspecified atom stereocenters. The van der Waals surface area contributed by atoms with Gasteiger partial charge in [-0.2, -0.15) is 0 Å². The fourth-order valence-electron chi connectivity index (χ4n) is 2.49. The maximum absolute atomic E-state index is 5.77. The second kappa shape index (κ2) is 5.00. The maximum Gasteiger partial charge on any atom is 0.163 e. The third-order valence-electron chi connectivity index (χ3n) is 3.33. The topological polar surface area (TPSA) is 33.7 Å². The predicted molar refractivity (Wildman–Crippen MR) is 63.4 cm³/mol. The molecule has 2 heterocycles. The zero-order chi connectivity index (χ0) is 11.6. The first-order chi connectivity index (χ1) is 7.55. The minimum Gasteiger partial charge on any atom is -0.348 e. The Morgan fingerprint density at radius 1 is 1.44 bits per heavy atom. The standard InChI is InChI=1S/C12H24N2O2/c1-12(2)15-9-11(16-12)7-13-10-5-4-6-14(3)8-10/h10-11,13H,4-9H2,1-3H3. The molecule has 2 aliphatic heterocycles. The molecule has 2 atom stereocenters. The molecule has 2 saturated heterocycles. The van der Waals surface area contributed by atoms with Crippen molar-refractivity contribution in [3.8, 4) is 0 Å². The number of nitrogens with zero attached hydrogens (tertiary/aromatic N) is 1. The van der Waals surface area contributed by atoms with Crippen molar-refractivity contribution in [1.29, 1.82) is 0 Å². The highest BCUT2D eigenvalue weighted by Crippen LogP contribution is 2.21. The van der Waals surface area contributed by atoms with Crippen molar-refractivity contribution in [2.24, 2.45) is 0 Å². The van der Waals surface area contributed by atoms with Gasteiger partial charge in [-0.3, -0.25) is 0 Å². The lowest BCUT2D eigenvalue weighted by molar-refractivity contribution is -0.138. The minimum atomic E-state index is -0.393. The van der Waals surface area contributed by atoms with Gasteiger partial charge in [-0.05, 0) is 40.3 Å². The molecule has 0 aliphatic carbocycles. The largest absolute Gasteiger partial charge is 0.348 e. The molecule has 16 heavy (non-hydrogen) atoms. The van der Waals surface area contributed by atoms with E-state index in [0.29, 0.717) is 12.6 Å². The first kappa shape index (κ1) is 12.3. The summed E-state index contributed by atoms with van der Waals surface area (Å²) in [4.78, 5) is 2.39. The van der Waals surface area contributed by atoms with Crippen LogP contribution in [0.1, 0.15) is 26.7 Å². The number of hydrogen-bond donors (Lipinski definition) is 1. The first-order valence-corrected chi connectivity index (χ1v) is 6.29. The third-order valence-corrected chi connectivity index (χ3v) is 3.33. The van der Waals surface area contributed by atoms with Crippen LogP contribution >= 0.6 is 0 Å². The summed E-state index contributed by atoms with van der Waals surface area (Å²) in [5.41, 5.74) is 0. The van der Waals surface area contributed by atoms with Crippen LogP contribution in [-0.4, -0.2) is 56.1 Å². The molecule has 0 aromatic heterocycles. The molecule has 4 nitrogen and oxygen atoms in total. The Morgan fingerprint density at radius 2 is 2.25 bits per heavy atom. The van der Waals surface area contributed by atoms with Gasteiger partial charge in [0.05, 0.1) is 12.7 Å². The van der Waals surface area contributed by atoms with E-state index >= 15 is 0 Å². The lowest BCUT2D eigenvalue weighted by Gasteiger charge is -2.31. The lowest BCUT2D eigenvalue weighted by atomic mass is 10.1. The number of likely N-dealkylation sites (N-methyl/N-ethyl adjacent to an activating group) is 1. The summed E-state index contributed by atoms with van der Waals surface area (Å²) in [5, 5.41) is 3.59. The second-order valence-electron chi connectivity index (χ2n) is 5.46. The number of hydrogen-bond acceptors (Lipinski definition) is 4. The van der Waals surface area contributed by atoms with Crippen LogP contribution in [-0.2, 0) is 9.47 Å². The van der Waals surface area contributed by atoms with Crippen molar-refractivity contribution >= 4 is 0 Å². The van der Waals surface area contributed by atoms with Gasteiger partial charge in [-0.1, -0.05) is 0 Å². The van der Waals surface area contributed by atoms with Gasteiger partial charge in [-0.25, -0.2) is 0 Å². The van der Waals surface area contributed by atoms with Crippen LogP contribution in [0.3, 0.4) is 0 Å². The molecule has 0 saturated carbocycles. The van der Waals surface area contributed by atoms with Crippen molar-refractivity contribution in [3.63, 3.8) is 0 Å². The van der Waals surface area contributed by atoms with Crippen molar-refractivity contribution in [2.75, 3.05) is 33.3 Å². The average molecular weight is 228 g/mol. The highest BCUT2D eigenvalue weighted by molar-refractivity contribution is 4.79. The summed E-state index contributed by atoms with van der Waals surface area (Å²) in [6.07, 6.45) is 2.78.